The van der Waals surface area contributed by atoms with E-state index in [0.717, 1.165) is 73.0 Å². The van der Waals surface area contributed by atoms with Gasteiger partial charge in [0.25, 0.3) is 0 Å². The minimum absolute atomic E-state index is 0.112. The second-order valence-corrected chi connectivity index (χ2v) is 8.09. The normalized spacial score (nSPS) is 15.1. The third kappa shape index (κ3) is 5.02. The van der Waals surface area contributed by atoms with Gasteiger partial charge in [-0.05, 0) is 57.0 Å². The molecule has 1 aliphatic rings. The average Bonchev–Trinajstić information content (AvgIpc) is 3.00. The van der Waals surface area contributed by atoms with E-state index in [1.165, 1.54) is 5.56 Å². The molecule has 1 aliphatic heterocycles. The Bertz CT molecular complexity index is 1080. The van der Waals surface area contributed by atoms with Crippen LogP contribution in [0.2, 0.25) is 0 Å². The first kappa shape index (κ1) is 21.2. The van der Waals surface area contributed by atoms with Gasteiger partial charge in [-0.1, -0.05) is 18.2 Å². The topological polar surface area (TPSA) is 58.6 Å². The van der Waals surface area contributed by atoms with Crippen molar-refractivity contribution >= 4 is 22.6 Å². The lowest BCUT2D eigenvalue weighted by molar-refractivity contribution is 0.101. The number of hydrogen-bond donors (Lipinski definition) is 0. The summed E-state index contributed by atoms with van der Waals surface area (Å²) in [6, 6.07) is 14.0. The fraction of sp³-hybridized carbons (Fsp3) is 0.400. The van der Waals surface area contributed by atoms with Gasteiger partial charge in [0.15, 0.2) is 5.78 Å². The SMILES string of the molecule is CCOc1ccc2nc(N3CCCN(Cc4cccc(C(C)=O)c4)CC3)nc(C)c2c1. The number of fused-ring (bicyclic) bond motifs is 1. The van der Waals surface area contributed by atoms with Crippen molar-refractivity contribution < 1.29 is 9.53 Å². The van der Waals surface area contributed by atoms with E-state index in [9.17, 15) is 4.79 Å². The first-order chi connectivity index (χ1) is 15.0. The molecule has 6 heteroatoms. The molecule has 2 aromatic carbocycles. The van der Waals surface area contributed by atoms with Crippen LogP contribution in [0.5, 0.6) is 5.75 Å². The van der Waals surface area contributed by atoms with Crippen LogP contribution in [0.1, 0.15) is 41.9 Å². The van der Waals surface area contributed by atoms with Crippen molar-refractivity contribution in [2.45, 2.75) is 33.7 Å². The molecule has 0 spiro atoms. The van der Waals surface area contributed by atoms with Gasteiger partial charge < -0.3 is 9.64 Å². The van der Waals surface area contributed by atoms with Crippen molar-refractivity contribution in [2.75, 3.05) is 37.7 Å². The van der Waals surface area contributed by atoms with E-state index in [4.69, 9.17) is 14.7 Å². The maximum absolute atomic E-state index is 11.7. The van der Waals surface area contributed by atoms with E-state index in [2.05, 4.69) is 15.9 Å². The van der Waals surface area contributed by atoms with E-state index < -0.39 is 0 Å². The Balaban J connectivity index is 1.47. The van der Waals surface area contributed by atoms with E-state index >= 15 is 0 Å². The van der Waals surface area contributed by atoms with Crippen molar-refractivity contribution in [1.82, 2.24) is 14.9 Å². The zero-order valence-electron chi connectivity index (χ0n) is 18.6. The number of aryl methyl sites for hydroxylation is 1. The highest BCUT2D eigenvalue weighted by molar-refractivity contribution is 5.94. The van der Waals surface area contributed by atoms with Crippen LogP contribution in [0.3, 0.4) is 0 Å². The van der Waals surface area contributed by atoms with Gasteiger partial charge >= 0.3 is 0 Å². The number of anilines is 1. The quantitative estimate of drug-likeness (QED) is 0.558. The Morgan fingerprint density at radius 3 is 2.74 bits per heavy atom. The van der Waals surface area contributed by atoms with Crippen molar-refractivity contribution in [3.05, 3.63) is 59.3 Å². The van der Waals surface area contributed by atoms with E-state index in [0.29, 0.717) is 6.61 Å². The number of rotatable bonds is 6. The Hall–Kier alpha value is -2.99. The summed E-state index contributed by atoms with van der Waals surface area (Å²) in [5, 5.41) is 1.04. The van der Waals surface area contributed by atoms with Gasteiger partial charge in [0.2, 0.25) is 5.95 Å². The number of aromatic nitrogens is 2. The third-order valence-corrected chi connectivity index (χ3v) is 5.77. The summed E-state index contributed by atoms with van der Waals surface area (Å²) in [7, 11) is 0. The second-order valence-electron chi connectivity index (χ2n) is 8.09. The molecule has 0 N–H and O–H groups in total. The molecule has 1 saturated heterocycles. The summed E-state index contributed by atoms with van der Waals surface area (Å²) in [4.78, 5) is 26.1. The molecule has 4 rings (SSSR count). The summed E-state index contributed by atoms with van der Waals surface area (Å²) in [5.41, 5.74) is 3.89. The van der Waals surface area contributed by atoms with Gasteiger partial charge in [-0.15, -0.1) is 0 Å². The number of nitrogens with zero attached hydrogens (tertiary/aromatic N) is 4. The minimum Gasteiger partial charge on any atom is -0.494 e. The van der Waals surface area contributed by atoms with Crippen molar-refractivity contribution in [2.24, 2.45) is 0 Å². The van der Waals surface area contributed by atoms with Crippen LogP contribution < -0.4 is 9.64 Å². The van der Waals surface area contributed by atoms with Gasteiger partial charge in [0, 0.05) is 43.7 Å². The summed E-state index contributed by atoms with van der Waals surface area (Å²) >= 11 is 0. The smallest absolute Gasteiger partial charge is 0.226 e. The van der Waals surface area contributed by atoms with Crippen molar-refractivity contribution in [3.8, 4) is 5.75 Å². The van der Waals surface area contributed by atoms with Crippen LogP contribution in [-0.4, -0.2) is 53.4 Å². The van der Waals surface area contributed by atoms with E-state index in [1.54, 1.807) is 6.92 Å². The molecular weight excluding hydrogens is 388 g/mol. The highest BCUT2D eigenvalue weighted by Gasteiger charge is 2.18. The van der Waals surface area contributed by atoms with Gasteiger partial charge in [0.1, 0.15) is 5.75 Å². The lowest BCUT2D eigenvalue weighted by Crippen LogP contribution is -2.31. The van der Waals surface area contributed by atoms with Crippen LogP contribution >= 0.6 is 0 Å². The van der Waals surface area contributed by atoms with Gasteiger partial charge in [-0.2, -0.15) is 0 Å². The molecule has 1 aromatic heterocycles. The van der Waals surface area contributed by atoms with Crippen LogP contribution in [0.15, 0.2) is 42.5 Å². The standard InChI is InChI=1S/C25H30N4O2/c1-4-31-22-9-10-24-23(16-22)18(2)26-25(27-24)29-12-6-11-28(13-14-29)17-20-7-5-8-21(15-20)19(3)30/h5,7-10,15-16H,4,6,11-14,17H2,1-3H3. The molecule has 0 saturated carbocycles. The number of carbonyl (C=O) groups excluding carboxylic acids is 1. The molecule has 0 unspecified atom stereocenters. The summed E-state index contributed by atoms with van der Waals surface area (Å²) in [5.74, 6) is 1.77. The Labute approximate surface area is 183 Å². The molecule has 0 aliphatic carbocycles. The van der Waals surface area contributed by atoms with Gasteiger partial charge in [-0.25, -0.2) is 9.97 Å². The molecule has 31 heavy (non-hydrogen) atoms. The molecule has 6 nitrogen and oxygen atoms in total. The Morgan fingerprint density at radius 1 is 1.06 bits per heavy atom. The zero-order chi connectivity index (χ0) is 21.8. The Kier molecular flexibility index (Phi) is 6.47. The summed E-state index contributed by atoms with van der Waals surface area (Å²) in [6.45, 7) is 10.9. The number of Topliss-reactive ketones (excluding diaryl/α,β-unsaturated/α-hetero) is 1. The maximum atomic E-state index is 11.7. The predicted molar refractivity (Wildman–Crippen MR) is 124 cm³/mol. The maximum Gasteiger partial charge on any atom is 0.226 e. The van der Waals surface area contributed by atoms with Crippen LogP contribution in [0.4, 0.5) is 5.95 Å². The molecule has 0 amide bonds. The number of carbonyl (C=O) groups is 1. The second kappa shape index (κ2) is 9.43. The number of ketones is 1. The molecule has 3 aromatic rings. The third-order valence-electron chi connectivity index (χ3n) is 5.77. The van der Waals surface area contributed by atoms with Crippen molar-refractivity contribution in [3.63, 3.8) is 0 Å². The van der Waals surface area contributed by atoms with Crippen LogP contribution in [0, 0.1) is 6.92 Å². The lowest BCUT2D eigenvalue weighted by atomic mass is 10.1. The van der Waals surface area contributed by atoms with Gasteiger partial charge in [-0.3, -0.25) is 9.69 Å². The van der Waals surface area contributed by atoms with Crippen molar-refractivity contribution in [1.29, 1.82) is 0 Å². The molecule has 0 atom stereocenters. The largest absolute Gasteiger partial charge is 0.494 e. The fourth-order valence-corrected chi connectivity index (χ4v) is 4.12. The minimum atomic E-state index is 0.112. The summed E-state index contributed by atoms with van der Waals surface area (Å²) < 4.78 is 5.62. The number of ether oxygens (including phenoxy) is 1. The van der Waals surface area contributed by atoms with E-state index in [1.807, 2.05) is 50.2 Å². The highest BCUT2D eigenvalue weighted by Crippen LogP contribution is 2.24. The van der Waals surface area contributed by atoms with Crippen LogP contribution in [0.25, 0.3) is 10.9 Å². The number of benzene rings is 2. The summed E-state index contributed by atoms with van der Waals surface area (Å²) in [6.07, 6.45) is 1.05. The lowest BCUT2D eigenvalue weighted by Gasteiger charge is -2.22. The molecule has 0 radical (unpaired) electrons. The molecule has 162 valence electrons. The number of hydrogen-bond acceptors (Lipinski definition) is 6. The first-order valence-corrected chi connectivity index (χ1v) is 11.0. The molecule has 2 heterocycles. The molecule has 0 bridgehead atoms. The predicted octanol–water partition coefficient (Wildman–Crippen LogP) is 4.25. The van der Waals surface area contributed by atoms with Gasteiger partial charge in [0.05, 0.1) is 17.8 Å². The molecule has 1 fully saturated rings. The highest BCUT2D eigenvalue weighted by atomic mass is 16.5. The molecular formula is C25H30N4O2. The average molecular weight is 419 g/mol. The zero-order valence-corrected chi connectivity index (χ0v) is 18.6. The Morgan fingerprint density at radius 2 is 1.94 bits per heavy atom. The van der Waals surface area contributed by atoms with Crippen LogP contribution in [-0.2, 0) is 6.54 Å². The first-order valence-electron chi connectivity index (χ1n) is 11.0. The van der Waals surface area contributed by atoms with E-state index in [-0.39, 0.29) is 5.78 Å². The fourth-order valence-electron chi connectivity index (χ4n) is 4.12. The monoisotopic (exact) mass is 418 g/mol.